The predicted molar refractivity (Wildman–Crippen MR) is 85.9 cm³/mol. The summed E-state index contributed by atoms with van der Waals surface area (Å²) < 4.78 is 26.8. The molecule has 0 saturated heterocycles. The van der Waals surface area contributed by atoms with Gasteiger partial charge in [0.2, 0.25) is 10.0 Å². The van der Waals surface area contributed by atoms with Crippen molar-refractivity contribution in [3.8, 4) is 0 Å². The van der Waals surface area contributed by atoms with Crippen molar-refractivity contribution < 1.29 is 8.42 Å². The zero-order valence-corrected chi connectivity index (χ0v) is 13.8. The highest BCUT2D eigenvalue weighted by Crippen LogP contribution is 2.27. The Morgan fingerprint density at radius 3 is 2.38 bits per heavy atom. The summed E-state index contributed by atoms with van der Waals surface area (Å²) in [6.45, 7) is 0.977. The molecule has 1 fully saturated rings. The van der Waals surface area contributed by atoms with E-state index < -0.39 is 10.0 Å². The summed E-state index contributed by atoms with van der Waals surface area (Å²) >= 11 is 0. The molecule has 0 aliphatic heterocycles. The standard InChI is InChI=1S/C16H26N2O2S/c1-17-13-5-6-14-9-11-16(12-10-14)21(19,20)18(2)15-7-3-4-8-15/h9-12,15,17H,3-8,13H2,1-2H3. The van der Waals surface area contributed by atoms with Gasteiger partial charge in [0.25, 0.3) is 0 Å². The predicted octanol–water partition coefficient (Wildman–Crippen LogP) is 2.40. The molecule has 1 N–H and O–H groups in total. The normalized spacial score (nSPS) is 16.7. The van der Waals surface area contributed by atoms with Crippen molar-refractivity contribution in [2.75, 3.05) is 20.6 Å². The van der Waals surface area contributed by atoms with Crippen LogP contribution < -0.4 is 5.32 Å². The van der Waals surface area contributed by atoms with Gasteiger partial charge in [-0.1, -0.05) is 25.0 Å². The monoisotopic (exact) mass is 310 g/mol. The summed E-state index contributed by atoms with van der Waals surface area (Å²) in [6, 6.07) is 7.53. The van der Waals surface area contributed by atoms with Crippen LogP contribution in [0.4, 0.5) is 0 Å². The highest BCUT2D eigenvalue weighted by atomic mass is 32.2. The Bertz CT molecular complexity index is 534. The zero-order chi connectivity index (χ0) is 15.3. The molecule has 4 nitrogen and oxygen atoms in total. The fraction of sp³-hybridized carbons (Fsp3) is 0.625. The van der Waals surface area contributed by atoms with Crippen molar-refractivity contribution in [2.45, 2.75) is 49.5 Å². The Hall–Kier alpha value is -0.910. The number of aryl methyl sites for hydroxylation is 1. The largest absolute Gasteiger partial charge is 0.320 e. The number of nitrogens with one attached hydrogen (secondary N) is 1. The molecule has 1 aromatic carbocycles. The van der Waals surface area contributed by atoms with Crippen LogP contribution in [-0.4, -0.2) is 39.4 Å². The first-order chi connectivity index (χ1) is 10.1. The third-order valence-electron chi connectivity index (χ3n) is 4.33. The fourth-order valence-electron chi connectivity index (χ4n) is 2.93. The Labute approximate surface area is 128 Å². The summed E-state index contributed by atoms with van der Waals surface area (Å²) in [5, 5.41) is 3.12. The van der Waals surface area contributed by atoms with Crippen LogP contribution in [0, 0.1) is 0 Å². The zero-order valence-electron chi connectivity index (χ0n) is 13.0. The number of rotatable bonds is 7. The minimum absolute atomic E-state index is 0.172. The fourth-order valence-corrected chi connectivity index (χ4v) is 4.34. The maximum atomic E-state index is 12.6. The molecule has 21 heavy (non-hydrogen) atoms. The van der Waals surface area contributed by atoms with E-state index in [2.05, 4.69) is 5.32 Å². The molecule has 0 heterocycles. The number of hydrogen-bond acceptors (Lipinski definition) is 3. The lowest BCUT2D eigenvalue weighted by atomic mass is 10.1. The molecule has 0 unspecified atom stereocenters. The molecule has 0 radical (unpaired) electrons. The first-order valence-corrected chi connectivity index (χ1v) is 9.21. The van der Waals surface area contributed by atoms with Crippen LogP contribution >= 0.6 is 0 Å². The van der Waals surface area contributed by atoms with Gasteiger partial charge in [-0.3, -0.25) is 0 Å². The van der Waals surface area contributed by atoms with Crippen molar-refractivity contribution >= 4 is 10.0 Å². The van der Waals surface area contributed by atoms with Gasteiger partial charge < -0.3 is 5.32 Å². The molecule has 0 spiro atoms. The van der Waals surface area contributed by atoms with Crippen LogP contribution in [0.25, 0.3) is 0 Å². The van der Waals surface area contributed by atoms with Crippen molar-refractivity contribution in [1.29, 1.82) is 0 Å². The van der Waals surface area contributed by atoms with Gasteiger partial charge in [0.05, 0.1) is 4.90 Å². The van der Waals surface area contributed by atoms with Crippen LogP contribution in [0.3, 0.4) is 0 Å². The van der Waals surface area contributed by atoms with Gasteiger partial charge in [-0.05, 0) is 57.0 Å². The van der Waals surface area contributed by atoms with Gasteiger partial charge in [-0.15, -0.1) is 0 Å². The molecule has 0 bridgehead atoms. The van der Waals surface area contributed by atoms with E-state index in [-0.39, 0.29) is 6.04 Å². The van der Waals surface area contributed by atoms with Gasteiger partial charge in [0, 0.05) is 13.1 Å². The Balaban J connectivity index is 2.05. The summed E-state index contributed by atoms with van der Waals surface area (Å²) in [5.74, 6) is 0. The van der Waals surface area contributed by atoms with Gasteiger partial charge in [-0.25, -0.2) is 8.42 Å². The number of benzene rings is 1. The van der Waals surface area contributed by atoms with E-state index in [1.165, 1.54) is 5.56 Å². The van der Waals surface area contributed by atoms with Crippen LogP contribution in [0.15, 0.2) is 29.2 Å². The first-order valence-electron chi connectivity index (χ1n) is 7.77. The van der Waals surface area contributed by atoms with E-state index in [9.17, 15) is 8.42 Å². The molecule has 1 aliphatic carbocycles. The Morgan fingerprint density at radius 2 is 1.81 bits per heavy atom. The lowest BCUT2D eigenvalue weighted by Gasteiger charge is -2.23. The molecule has 2 rings (SSSR count). The van der Waals surface area contributed by atoms with Crippen molar-refractivity contribution in [1.82, 2.24) is 9.62 Å². The second-order valence-electron chi connectivity index (χ2n) is 5.81. The lowest BCUT2D eigenvalue weighted by molar-refractivity contribution is 0.373. The molecular formula is C16H26N2O2S. The van der Waals surface area contributed by atoms with Gasteiger partial charge in [0.1, 0.15) is 0 Å². The van der Waals surface area contributed by atoms with Crippen LogP contribution in [0.1, 0.15) is 37.7 Å². The van der Waals surface area contributed by atoms with E-state index in [1.54, 1.807) is 23.5 Å². The SMILES string of the molecule is CNCCCc1ccc(S(=O)(=O)N(C)C2CCCC2)cc1. The van der Waals surface area contributed by atoms with Crippen LogP contribution in [0.5, 0.6) is 0 Å². The Morgan fingerprint density at radius 1 is 1.19 bits per heavy atom. The molecule has 0 atom stereocenters. The summed E-state index contributed by atoms with van der Waals surface area (Å²) in [7, 11) is 0.310. The van der Waals surface area contributed by atoms with Crippen LogP contribution in [-0.2, 0) is 16.4 Å². The summed E-state index contributed by atoms with van der Waals surface area (Å²) in [4.78, 5) is 0.411. The minimum atomic E-state index is -3.34. The molecule has 1 aliphatic rings. The Kier molecular flexibility index (Phi) is 5.79. The number of hydrogen-bond donors (Lipinski definition) is 1. The average molecular weight is 310 g/mol. The molecule has 5 heteroatoms. The first kappa shape index (κ1) is 16.5. The third kappa shape index (κ3) is 4.05. The molecular weight excluding hydrogens is 284 g/mol. The molecule has 118 valence electrons. The lowest BCUT2D eigenvalue weighted by Crippen LogP contribution is -2.35. The summed E-state index contributed by atoms with van der Waals surface area (Å²) in [6.07, 6.45) is 6.27. The quantitative estimate of drug-likeness (QED) is 0.787. The van der Waals surface area contributed by atoms with Gasteiger partial charge >= 0.3 is 0 Å². The maximum Gasteiger partial charge on any atom is 0.243 e. The van der Waals surface area contributed by atoms with Crippen molar-refractivity contribution in [3.05, 3.63) is 29.8 Å². The van der Waals surface area contributed by atoms with Gasteiger partial charge in [-0.2, -0.15) is 4.31 Å². The second-order valence-corrected chi connectivity index (χ2v) is 7.81. The topological polar surface area (TPSA) is 49.4 Å². The molecule has 1 saturated carbocycles. The van der Waals surface area contributed by atoms with Crippen LogP contribution in [0.2, 0.25) is 0 Å². The number of nitrogens with zero attached hydrogens (tertiary/aromatic N) is 1. The van der Waals surface area contributed by atoms with E-state index in [4.69, 9.17) is 0 Å². The van der Waals surface area contributed by atoms with E-state index in [1.807, 2.05) is 19.2 Å². The van der Waals surface area contributed by atoms with E-state index >= 15 is 0 Å². The van der Waals surface area contributed by atoms with E-state index in [0.717, 1.165) is 45.1 Å². The smallest absolute Gasteiger partial charge is 0.243 e. The maximum absolute atomic E-state index is 12.6. The van der Waals surface area contributed by atoms with E-state index in [0.29, 0.717) is 4.90 Å². The number of sulfonamides is 1. The third-order valence-corrected chi connectivity index (χ3v) is 6.26. The minimum Gasteiger partial charge on any atom is -0.320 e. The molecule has 0 aromatic heterocycles. The highest BCUT2D eigenvalue weighted by Gasteiger charge is 2.29. The summed E-state index contributed by atoms with van der Waals surface area (Å²) in [5.41, 5.74) is 1.19. The second kappa shape index (κ2) is 7.38. The average Bonchev–Trinajstić information content (AvgIpc) is 3.01. The van der Waals surface area contributed by atoms with Crippen molar-refractivity contribution in [2.24, 2.45) is 0 Å². The molecule has 1 aromatic rings. The van der Waals surface area contributed by atoms with Gasteiger partial charge in [0.15, 0.2) is 0 Å². The highest BCUT2D eigenvalue weighted by molar-refractivity contribution is 7.89. The van der Waals surface area contributed by atoms with Crippen molar-refractivity contribution in [3.63, 3.8) is 0 Å². The molecule has 0 amide bonds.